The minimum atomic E-state index is -0.461. The van der Waals surface area contributed by atoms with Crippen LogP contribution in [0.2, 0.25) is 0 Å². The average molecular weight is 475 g/mol. The number of ether oxygens (including phenoxy) is 2. The van der Waals surface area contributed by atoms with Crippen molar-refractivity contribution in [3.8, 4) is 28.0 Å². The number of carbonyl (C=O) groups excluding carboxylic acids is 1. The number of aliphatic hydroxyl groups is 2. The van der Waals surface area contributed by atoms with Crippen LogP contribution >= 0.6 is 0 Å². The van der Waals surface area contributed by atoms with Gasteiger partial charge in [-0.3, -0.25) is 0 Å². The molecule has 3 rings (SSSR count). The highest BCUT2D eigenvalue weighted by Gasteiger charge is 2.11. The molecule has 3 aromatic rings. The predicted molar refractivity (Wildman–Crippen MR) is 139 cm³/mol. The predicted octanol–water partition coefficient (Wildman–Crippen LogP) is 5.22. The van der Waals surface area contributed by atoms with Crippen molar-refractivity contribution in [3.63, 3.8) is 0 Å². The van der Waals surface area contributed by atoms with Gasteiger partial charge in [0.05, 0.1) is 0 Å². The van der Waals surface area contributed by atoms with Crippen LogP contribution in [-0.2, 0) is 22.4 Å². The molecule has 0 amide bonds. The molecular formula is C30H34O5. The van der Waals surface area contributed by atoms with E-state index in [2.05, 4.69) is 56.0 Å². The van der Waals surface area contributed by atoms with Crippen LogP contribution in [0, 0.1) is 5.92 Å². The van der Waals surface area contributed by atoms with Gasteiger partial charge in [-0.25, -0.2) is 4.79 Å². The lowest BCUT2D eigenvalue weighted by molar-refractivity contribution is -0.138. The van der Waals surface area contributed by atoms with E-state index in [4.69, 9.17) is 9.47 Å². The van der Waals surface area contributed by atoms with E-state index in [1.54, 1.807) is 0 Å². The fourth-order valence-corrected chi connectivity index (χ4v) is 3.98. The second-order valence-electron chi connectivity index (χ2n) is 8.41. The van der Waals surface area contributed by atoms with E-state index >= 15 is 0 Å². The first-order chi connectivity index (χ1) is 17.1. The summed E-state index contributed by atoms with van der Waals surface area (Å²) in [6.07, 6.45) is 3.62. The maximum Gasteiger partial charge on any atom is 0.330 e. The largest absolute Gasteiger partial charge is 0.489 e. The zero-order chi connectivity index (χ0) is 25.0. The van der Waals surface area contributed by atoms with E-state index in [1.807, 2.05) is 24.3 Å². The van der Waals surface area contributed by atoms with Crippen molar-refractivity contribution in [1.29, 1.82) is 0 Å². The molecule has 0 radical (unpaired) electrons. The molecule has 0 unspecified atom stereocenters. The van der Waals surface area contributed by atoms with E-state index in [1.165, 1.54) is 16.7 Å². The monoisotopic (exact) mass is 474 g/mol. The minimum Gasteiger partial charge on any atom is -0.489 e. The lowest BCUT2D eigenvalue weighted by atomic mass is 9.92. The van der Waals surface area contributed by atoms with Crippen LogP contribution in [0.1, 0.15) is 24.5 Å². The molecule has 184 valence electrons. The normalized spacial score (nSPS) is 10.9. The Hall–Kier alpha value is -3.41. The number of aliphatic hydroxyl groups excluding tert-OH is 2. The van der Waals surface area contributed by atoms with Crippen molar-refractivity contribution in [1.82, 2.24) is 0 Å². The zero-order valence-electron chi connectivity index (χ0n) is 20.3. The fraction of sp³-hybridized carbons (Fsp3) is 0.300. The Labute approximate surface area is 207 Å². The molecular weight excluding hydrogens is 440 g/mol. The Morgan fingerprint density at radius 3 is 2.34 bits per heavy atom. The Morgan fingerprint density at radius 1 is 0.943 bits per heavy atom. The molecule has 35 heavy (non-hydrogen) atoms. The lowest BCUT2D eigenvalue weighted by Crippen LogP contribution is -2.11. The highest BCUT2D eigenvalue weighted by molar-refractivity contribution is 5.81. The number of hydrogen-bond donors (Lipinski definition) is 2. The van der Waals surface area contributed by atoms with Crippen LogP contribution in [0.25, 0.3) is 22.3 Å². The number of aryl methyl sites for hydroxylation is 2. The molecule has 0 spiro atoms. The molecule has 0 aliphatic carbocycles. The molecule has 3 aromatic carbocycles. The topological polar surface area (TPSA) is 76.0 Å². The molecule has 0 atom stereocenters. The van der Waals surface area contributed by atoms with Gasteiger partial charge in [-0.2, -0.15) is 0 Å². The first kappa shape index (κ1) is 26.2. The van der Waals surface area contributed by atoms with Crippen molar-refractivity contribution in [2.45, 2.75) is 26.2 Å². The smallest absolute Gasteiger partial charge is 0.330 e. The summed E-state index contributed by atoms with van der Waals surface area (Å²) in [4.78, 5) is 11.2. The quantitative estimate of drug-likeness (QED) is 0.202. The second-order valence-corrected chi connectivity index (χ2v) is 8.41. The van der Waals surface area contributed by atoms with E-state index in [0.717, 1.165) is 47.8 Å². The van der Waals surface area contributed by atoms with Gasteiger partial charge in [-0.05, 0) is 53.1 Å². The Bertz CT molecular complexity index is 1100. The summed E-state index contributed by atoms with van der Waals surface area (Å²) in [5, 5.41) is 18.5. The summed E-state index contributed by atoms with van der Waals surface area (Å²) in [5.74, 6) is 0.214. The van der Waals surface area contributed by atoms with Gasteiger partial charge in [0.1, 0.15) is 19.0 Å². The maximum atomic E-state index is 11.2. The Morgan fingerprint density at radius 2 is 1.66 bits per heavy atom. The molecule has 0 aliphatic rings. The van der Waals surface area contributed by atoms with Gasteiger partial charge in [0, 0.05) is 30.8 Å². The van der Waals surface area contributed by atoms with Crippen molar-refractivity contribution in [3.05, 3.63) is 90.5 Å². The third-order valence-corrected chi connectivity index (χ3v) is 6.06. The first-order valence-electron chi connectivity index (χ1n) is 12.0. The average Bonchev–Trinajstić information content (AvgIpc) is 2.91. The third kappa shape index (κ3) is 7.28. The van der Waals surface area contributed by atoms with E-state index in [0.29, 0.717) is 0 Å². The van der Waals surface area contributed by atoms with Crippen molar-refractivity contribution in [2.24, 2.45) is 5.92 Å². The molecule has 0 aromatic heterocycles. The van der Waals surface area contributed by atoms with Gasteiger partial charge in [0.2, 0.25) is 0 Å². The standard InChI is InChI=1S/C30H34O5/c1-3-24-19-26(28-7-5-6-8-29(28)34-17-18-35-30(33)4-2)15-16-27(24)25-13-11-22(12-14-25)9-10-23(20-31)21-32/h4-8,11-16,19,23,31-32H,2-3,9-10,17-18,20-21H2,1H3. The van der Waals surface area contributed by atoms with Crippen molar-refractivity contribution in [2.75, 3.05) is 26.4 Å². The molecule has 5 heteroatoms. The molecule has 2 N–H and O–H groups in total. The van der Waals surface area contributed by atoms with E-state index in [9.17, 15) is 15.0 Å². The van der Waals surface area contributed by atoms with Crippen LogP contribution in [-0.4, -0.2) is 42.6 Å². The van der Waals surface area contributed by atoms with Crippen LogP contribution < -0.4 is 4.74 Å². The van der Waals surface area contributed by atoms with Gasteiger partial charge in [-0.1, -0.05) is 74.2 Å². The lowest BCUT2D eigenvalue weighted by Gasteiger charge is -2.15. The van der Waals surface area contributed by atoms with Crippen LogP contribution in [0.5, 0.6) is 5.75 Å². The number of carbonyl (C=O) groups is 1. The van der Waals surface area contributed by atoms with E-state index < -0.39 is 5.97 Å². The summed E-state index contributed by atoms with van der Waals surface area (Å²) in [7, 11) is 0. The first-order valence-corrected chi connectivity index (χ1v) is 12.0. The van der Waals surface area contributed by atoms with Crippen LogP contribution in [0.3, 0.4) is 0 Å². The van der Waals surface area contributed by atoms with Gasteiger partial charge in [-0.15, -0.1) is 0 Å². The summed E-state index contributed by atoms with van der Waals surface area (Å²) >= 11 is 0. The summed E-state index contributed by atoms with van der Waals surface area (Å²) < 4.78 is 10.9. The van der Waals surface area contributed by atoms with Gasteiger partial charge in [0.15, 0.2) is 0 Å². The van der Waals surface area contributed by atoms with Crippen molar-refractivity contribution >= 4 is 5.97 Å². The number of esters is 1. The van der Waals surface area contributed by atoms with Gasteiger partial charge >= 0.3 is 5.97 Å². The van der Waals surface area contributed by atoms with Gasteiger partial charge < -0.3 is 19.7 Å². The maximum absolute atomic E-state index is 11.2. The highest BCUT2D eigenvalue weighted by atomic mass is 16.6. The number of para-hydroxylation sites is 1. The molecule has 0 aliphatic heterocycles. The van der Waals surface area contributed by atoms with Crippen LogP contribution in [0.4, 0.5) is 0 Å². The highest BCUT2D eigenvalue weighted by Crippen LogP contribution is 2.34. The van der Waals surface area contributed by atoms with Crippen LogP contribution in [0.15, 0.2) is 79.4 Å². The third-order valence-electron chi connectivity index (χ3n) is 6.06. The Balaban J connectivity index is 1.75. The second kappa shape index (κ2) is 13.5. The number of hydrogen-bond acceptors (Lipinski definition) is 5. The zero-order valence-corrected chi connectivity index (χ0v) is 20.3. The molecule has 0 saturated carbocycles. The summed E-state index contributed by atoms with van der Waals surface area (Å²) in [6.45, 7) is 5.99. The number of rotatable bonds is 13. The fourth-order valence-electron chi connectivity index (χ4n) is 3.98. The molecule has 0 bridgehead atoms. The summed E-state index contributed by atoms with van der Waals surface area (Å²) in [6, 6.07) is 22.8. The number of benzene rings is 3. The van der Waals surface area contributed by atoms with Gasteiger partial charge in [0.25, 0.3) is 0 Å². The molecule has 0 saturated heterocycles. The Kier molecular flexibility index (Phi) is 10.1. The van der Waals surface area contributed by atoms with Crippen molar-refractivity contribution < 1.29 is 24.5 Å². The molecule has 5 nitrogen and oxygen atoms in total. The SMILES string of the molecule is C=CC(=O)OCCOc1ccccc1-c1ccc(-c2ccc(CCC(CO)CO)cc2)c(CC)c1. The van der Waals surface area contributed by atoms with E-state index in [-0.39, 0.29) is 32.3 Å². The molecule has 0 fully saturated rings. The minimum absolute atomic E-state index is 0.0116. The summed E-state index contributed by atoms with van der Waals surface area (Å²) in [5.41, 5.74) is 6.85. The molecule has 0 heterocycles.